The van der Waals surface area contributed by atoms with E-state index in [0.29, 0.717) is 13.0 Å². The highest BCUT2D eigenvalue weighted by molar-refractivity contribution is 5.82. The van der Waals surface area contributed by atoms with Crippen LogP contribution >= 0.6 is 0 Å². The van der Waals surface area contributed by atoms with E-state index in [1.807, 2.05) is 0 Å². The van der Waals surface area contributed by atoms with Gasteiger partial charge in [-0.25, -0.2) is 0 Å². The van der Waals surface area contributed by atoms with Crippen LogP contribution in [-0.4, -0.2) is 30.6 Å². The second-order valence-electron chi connectivity index (χ2n) is 1.89. The van der Waals surface area contributed by atoms with Gasteiger partial charge < -0.3 is 10.4 Å². The maximum absolute atomic E-state index is 10.6. The summed E-state index contributed by atoms with van der Waals surface area (Å²) in [6.07, 6.45) is -0.414. The van der Waals surface area contributed by atoms with Crippen LogP contribution in [0.2, 0.25) is 0 Å². The highest BCUT2D eigenvalue weighted by Gasteiger charge is 2.09. The Bertz CT molecular complexity index is 93.1. The molecule has 0 rings (SSSR count). The van der Waals surface area contributed by atoms with E-state index in [-0.39, 0.29) is 5.78 Å². The number of ketones is 1. The molecule has 0 saturated carbocycles. The van der Waals surface area contributed by atoms with Gasteiger partial charge in [-0.1, -0.05) is 6.92 Å². The minimum Gasteiger partial charge on any atom is -0.384 e. The van der Waals surface area contributed by atoms with Crippen LogP contribution in [-0.2, 0) is 4.79 Å². The SMILES string of the molecule is CCC(=O)C(O)CNC. The Morgan fingerprint density at radius 3 is 2.67 bits per heavy atom. The molecule has 0 aliphatic carbocycles. The molecule has 3 heteroatoms. The predicted octanol–water partition coefficient (Wildman–Crippen LogP) is -0.454. The summed E-state index contributed by atoms with van der Waals surface area (Å²) in [5, 5.41) is 11.6. The summed E-state index contributed by atoms with van der Waals surface area (Å²) in [6, 6.07) is 0. The van der Waals surface area contributed by atoms with Crippen molar-refractivity contribution in [3.05, 3.63) is 0 Å². The number of hydrogen-bond donors (Lipinski definition) is 2. The van der Waals surface area contributed by atoms with E-state index in [4.69, 9.17) is 5.11 Å². The predicted molar refractivity (Wildman–Crippen MR) is 35.2 cm³/mol. The van der Waals surface area contributed by atoms with Crippen molar-refractivity contribution in [2.75, 3.05) is 13.6 Å². The first-order chi connectivity index (χ1) is 4.22. The molecule has 1 unspecified atom stereocenters. The molecule has 0 aliphatic heterocycles. The molecule has 0 aliphatic rings. The third kappa shape index (κ3) is 3.21. The van der Waals surface area contributed by atoms with E-state index < -0.39 is 6.10 Å². The molecule has 1 atom stereocenters. The number of aliphatic hydroxyl groups excluding tert-OH is 1. The Morgan fingerprint density at radius 1 is 1.78 bits per heavy atom. The normalized spacial score (nSPS) is 13.2. The van der Waals surface area contributed by atoms with Crippen molar-refractivity contribution in [1.29, 1.82) is 0 Å². The first kappa shape index (κ1) is 8.59. The average Bonchev–Trinajstić information content (AvgIpc) is 1.87. The molecule has 0 bridgehead atoms. The standard InChI is InChI=1S/C6H13NO2/c1-3-5(8)6(9)4-7-2/h6-7,9H,3-4H2,1-2H3. The molecular weight excluding hydrogens is 118 g/mol. The number of aliphatic hydroxyl groups is 1. The van der Waals surface area contributed by atoms with E-state index in [0.717, 1.165) is 0 Å². The summed E-state index contributed by atoms with van der Waals surface area (Å²) < 4.78 is 0. The Hall–Kier alpha value is -0.410. The third-order valence-corrected chi connectivity index (χ3v) is 1.12. The Morgan fingerprint density at radius 2 is 2.33 bits per heavy atom. The monoisotopic (exact) mass is 131 g/mol. The van der Waals surface area contributed by atoms with Crippen LogP contribution < -0.4 is 5.32 Å². The third-order valence-electron chi connectivity index (χ3n) is 1.12. The number of hydrogen-bond acceptors (Lipinski definition) is 3. The molecule has 0 fully saturated rings. The molecule has 54 valence electrons. The molecule has 0 aromatic carbocycles. The fourth-order valence-electron chi connectivity index (χ4n) is 0.543. The van der Waals surface area contributed by atoms with Gasteiger partial charge in [-0.15, -0.1) is 0 Å². The summed E-state index contributed by atoms with van der Waals surface area (Å²) in [4.78, 5) is 10.6. The highest BCUT2D eigenvalue weighted by Crippen LogP contribution is 1.87. The van der Waals surface area contributed by atoms with Crippen LogP contribution in [0.15, 0.2) is 0 Å². The van der Waals surface area contributed by atoms with Crippen LogP contribution in [0.3, 0.4) is 0 Å². The van der Waals surface area contributed by atoms with Gasteiger partial charge in [0.25, 0.3) is 0 Å². The zero-order valence-corrected chi connectivity index (χ0v) is 5.85. The van der Waals surface area contributed by atoms with Crippen molar-refractivity contribution < 1.29 is 9.90 Å². The lowest BCUT2D eigenvalue weighted by Crippen LogP contribution is -2.30. The van der Waals surface area contributed by atoms with Crippen molar-refractivity contribution in [2.24, 2.45) is 0 Å². The van der Waals surface area contributed by atoms with Gasteiger partial charge in [0.2, 0.25) is 0 Å². The van der Waals surface area contributed by atoms with Crippen LogP contribution in [0.25, 0.3) is 0 Å². The second kappa shape index (κ2) is 4.47. The lowest BCUT2D eigenvalue weighted by Gasteiger charge is -2.05. The van der Waals surface area contributed by atoms with Crippen LogP contribution in [0.4, 0.5) is 0 Å². The van der Waals surface area contributed by atoms with Gasteiger partial charge in [-0.2, -0.15) is 0 Å². The van der Waals surface area contributed by atoms with Crippen molar-refractivity contribution in [3.63, 3.8) is 0 Å². The Balaban J connectivity index is 3.45. The van der Waals surface area contributed by atoms with Gasteiger partial charge in [-0.05, 0) is 7.05 Å². The molecule has 0 aromatic heterocycles. The number of likely N-dealkylation sites (N-methyl/N-ethyl adjacent to an activating group) is 1. The molecule has 0 heterocycles. The number of rotatable bonds is 4. The van der Waals surface area contributed by atoms with Gasteiger partial charge in [0, 0.05) is 13.0 Å². The molecule has 0 radical (unpaired) electrons. The van der Waals surface area contributed by atoms with Crippen molar-refractivity contribution in [2.45, 2.75) is 19.4 Å². The van der Waals surface area contributed by atoms with Crippen LogP contribution in [0.5, 0.6) is 0 Å². The van der Waals surface area contributed by atoms with E-state index >= 15 is 0 Å². The summed E-state index contributed by atoms with van der Waals surface area (Å²) in [7, 11) is 1.70. The molecular formula is C6H13NO2. The topological polar surface area (TPSA) is 49.3 Å². The summed E-state index contributed by atoms with van der Waals surface area (Å²) >= 11 is 0. The Kier molecular flexibility index (Phi) is 4.26. The molecule has 0 spiro atoms. The first-order valence-electron chi connectivity index (χ1n) is 3.07. The summed E-state index contributed by atoms with van der Waals surface area (Å²) in [5.41, 5.74) is 0. The van der Waals surface area contributed by atoms with Gasteiger partial charge in [0.1, 0.15) is 6.10 Å². The first-order valence-corrected chi connectivity index (χ1v) is 3.07. The quantitative estimate of drug-likeness (QED) is 0.543. The number of Topliss-reactive ketones (excluding diaryl/α,β-unsaturated/α-hetero) is 1. The van der Waals surface area contributed by atoms with Crippen LogP contribution in [0, 0.1) is 0 Å². The summed E-state index contributed by atoms with van der Waals surface area (Å²) in [5.74, 6) is -0.107. The largest absolute Gasteiger partial charge is 0.384 e. The van der Waals surface area contributed by atoms with E-state index in [9.17, 15) is 4.79 Å². The minimum atomic E-state index is -0.819. The number of carbonyl (C=O) groups is 1. The van der Waals surface area contributed by atoms with Crippen LogP contribution in [0.1, 0.15) is 13.3 Å². The summed E-state index contributed by atoms with van der Waals surface area (Å²) in [6.45, 7) is 2.09. The maximum Gasteiger partial charge on any atom is 0.162 e. The molecule has 0 amide bonds. The second-order valence-corrected chi connectivity index (χ2v) is 1.89. The van der Waals surface area contributed by atoms with Crippen molar-refractivity contribution in [3.8, 4) is 0 Å². The molecule has 3 nitrogen and oxygen atoms in total. The zero-order valence-electron chi connectivity index (χ0n) is 5.85. The minimum absolute atomic E-state index is 0.107. The van der Waals surface area contributed by atoms with E-state index in [2.05, 4.69) is 5.32 Å². The molecule has 9 heavy (non-hydrogen) atoms. The van der Waals surface area contributed by atoms with Gasteiger partial charge >= 0.3 is 0 Å². The number of carbonyl (C=O) groups excluding carboxylic acids is 1. The van der Waals surface area contributed by atoms with Gasteiger partial charge in [0.05, 0.1) is 0 Å². The van der Waals surface area contributed by atoms with Crippen molar-refractivity contribution in [1.82, 2.24) is 5.32 Å². The lowest BCUT2D eigenvalue weighted by molar-refractivity contribution is -0.126. The fraction of sp³-hybridized carbons (Fsp3) is 0.833. The highest BCUT2D eigenvalue weighted by atomic mass is 16.3. The molecule has 0 aromatic rings. The van der Waals surface area contributed by atoms with E-state index in [1.165, 1.54) is 0 Å². The Labute approximate surface area is 55.1 Å². The molecule has 2 N–H and O–H groups in total. The molecule has 0 saturated heterocycles. The number of nitrogens with one attached hydrogen (secondary N) is 1. The van der Waals surface area contributed by atoms with Gasteiger partial charge in [0.15, 0.2) is 5.78 Å². The van der Waals surface area contributed by atoms with Crippen molar-refractivity contribution >= 4 is 5.78 Å². The fourth-order valence-corrected chi connectivity index (χ4v) is 0.543. The average molecular weight is 131 g/mol. The van der Waals surface area contributed by atoms with Gasteiger partial charge in [-0.3, -0.25) is 4.79 Å². The smallest absolute Gasteiger partial charge is 0.162 e. The lowest BCUT2D eigenvalue weighted by atomic mass is 10.2. The maximum atomic E-state index is 10.6. The van der Waals surface area contributed by atoms with E-state index in [1.54, 1.807) is 14.0 Å². The zero-order chi connectivity index (χ0) is 7.28.